The van der Waals surface area contributed by atoms with E-state index in [4.69, 9.17) is 25.5 Å². The zero-order chi connectivity index (χ0) is 39.9. The van der Waals surface area contributed by atoms with Crippen LogP contribution in [-0.4, -0.2) is 114 Å². The molecule has 4 aromatic rings. The Morgan fingerprint density at radius 2 is 1.35 bits per heavy atom. The standard InChI is InChI=1S/C33H35FN2O5.C7H17NO5/c1-21(2)31-30(33(41)35-25-11-7-4-8-12-25)29(22-9-5-3-6-10-22)32(23-13-15-24(34)16-14-23)36(31)18-17-26(37)19-27(38)20-28(39)40;1-8-2-4(10)6(12)7(13)5(11)3-9/h3-16,21,26-27,37-38H,17-20H2,1-2H3,(H,35,41)(H,39,40);4-13H,2-3H2,1H3/t26-,27-;4-,5+,6+,7+/m10/s1. The lowest BCUT2D eigenvalue weighted by Gasteiger charge is -2.25. The number of amides is 1. The quantitative estimate of drug-likeness (QED) is 0.0711. The van der Waals surface area contributed by atoms with Crippen LogP contribution in [0.1, 0.15) is 55.1 Å². The van der Waals surface area contributed by atoms with Gasteiger partial charge in [0.15, 0.2) is 0 Å². The molecular formula is C40H52FN3O10. The summed E-state index contributed by atoms with van der Waals surface area (Å²) in [6.07, 6.45) is -8.15. The highest BCUT2D eigenvalue weighted by Crippen LogP contribution is 2.42. The molecule has 3 aromatic carbocycles. The van der Waals surface area contributed by atoms with Crippen molar-refractivity contribution in [2.75, 3.05) is 25.5 Å². The second kappa shape index (κ2) is 21.4. The number of hydrogen-bond donors (Lipinski definition) is 10. The highest BCUT2D eigenvalue weighted by Gasteiger charge is 2.31. The first-order chi connectivity index (χ1) is 25.7. The van der Waals surface area contributed by atoms with Crippen LogP contribution >= 0.6 is 0 Å². The van der Waals surface area contributed by atoms with Gasteiger partial charge in [-0.15, -0.1) is 0 Å². The van der Waals surface area contributed by atoms with E-state index in [1.807, 2.05) is 79.1 Å². The summed E-state index contributed by atoms with van der Waals surface area (Å²) in [7, 11) is 1.57. The first kappa shape index (κ1) is 43.9. The van der Waals surface area contributed by atoms with Crippen LogP contribution in [0, 0.1) is 5.82 Å². The molecule has 1 amide bonds. The number of carbonyl (C=O) groups excluding carboxylic acids is 1. The third-order valence-electron chi connectivity index (χ3n) is 8.67. The number of aromatic nitrogens is 1. The fourth-order valence-corrected chi connectivity index (χ4v) is 6.10. The van der Waals surface area contributed by atoms with Crippen molar-refractivity contribution in [3.8, 4) is 22.4 Å². The summed E-state index contributed by atoms with van der Waals surface area (Å²) < 4.78 is 16.0. The molecule has 54 heavy (non-hydrogen) atoms. The Balaban J connectivity index is 0.000000515. The number of aliphatic carboxylic acids is 1. The number of nitrogens with one attached hydrogen (secondary N) is 2. The predicted molar refractivity (Wildman–Crippen MR) is 202 cm³/mol. The van der Waals surface area contributed by atoms with Gasteiger partial charge in [-0.25, -0.2) is 4.39 Å². The van der Waals surface area contributed by atoms with E-state index < -0.39 is 55.6 Å². The van der Waals surface area contributed by atoms with Gasteiger partial charge in [-0.3, -0.25) is 9.59 Å². The number of carbonyl (C=O) groups is 2. The van der Waals surface area contributed by atoms with Crippen molar-refractivity contribution in [1.82, 2.24) is 9.88 Å². The Bertz CT molecular complexity index is 1740. The summed E-state index contributed by atoms with van der Waals surface area (Å²) in [6, 6.07) is 24.8. The third-order valence-corrected chi connectivity index (χ3v) is 8.67. The van der Waals surface area contributed by atoms with Crippen molar-refractivity contribution in [2.24, 2.45) is 0 Å². The Hall–Kier alpha value is -4.51. The number of rotatable bonds is 18. The van der Waals surface area contributed by atoms with Crippen LogP contribution in [0.4, 0.5) is 10.1 Å². The molecular weight excluding hydrogens is 701 g/mol. The van der Waals surface area contributed by atoms with Gasteiger partial charge in [0.1, 0.15) is 24.1 Å². The zero-order valence-electron chi connectivity index (χ0n) is 30.6. The third kappa shape index (κ3) is 12.3. The summed E-state index contributed by atoms with van der Waals surface area (Å²) in [6.45, 7) is 3.68. The van der Waals surface area contributed by atoms with E-state index in [9.17, 15) is 29.3 Å². The Morgan fingerprint density at radius 1 is 0.778 bits per heavy atom. The van der Waals surface area contributed by atoms with Gasteiger partial charge in [0, 0.05) is 30.0 Å². The van der Waals surface area contributed by atoms with Gasteiger partial charge in [0.05, 0.1) is 42.6 Å². The second-order valence-corrected chi connectivity index (χ2v) is 13.3. The molecule has 294 valence electrons. The number of hydrogen-bond acceptors (Lipinski definition) is 10. The maximum absolute atomic E-state index is 14.0. The summed E-state index contributed by atoms with van der Waals surface area (Å²) in [4.78, 5) is 25.0. The van der Waals surface area contributed by atoms with Crippen LogP contribution in [0.5, 0.6) is 0 Å². The Morgan fingerprint density at radius 3 is 1.89 bits per heavy atom. The van der Waals surface area contributed by atoms with Crippen LogP contribution in [0.15, 0.2) is 84.9 Å². The van der Waals surface area contributed by atoms with Gasteiger partial charge in [-0.1, -0.05) is 62.4 Å². The van der Waals surface area contributed by atoms with E-state index in [-0.39, 0.29) is 43.6 Å². The zero-order valence-corrected chi connectivity index (χ0v) is 30.6. The van der Waals surface area contributed by atoms with E-state index >= 15 is 0 Å². The lowest BCUT2D eigenvalue weighted by atomic mass is 9.94. The molecule has 14 heteroatoms. The second-order valence-electron chi connectivity index (χ2n) is 13.3. The van der Waals surface area contributed by atoms with Crippen LogP contribution < -0.4 is 10.6 Å². The smallest absolute Gasteiger partial charge is 0.305 e. The number of halogens is 1. The molecule has 0 aliphatic carbocycles. The predicted octanol–water partition coefficient (Wildman–Crippen LogP) is 2.96. The maximum Gasteiger partial charge on any atom is 0.305 e. The average molecular weight is 754 g/mol. The van der Waals surface area contributed by atoms with E-state index in [2.05, 4.69) is 10.6 Å². The molecule has 0 saturated heterocycles. The monoisotopic (exact) mass is 753 g/mol. The highest BCUT2D eigenvalue weighted by molar-refractivity contribution is 6.12. The van der Waals surface area contributed by atoms with Crippen LogP contribution in [0.2, 0.25) is 0 Å². The summed E-state index contributed by atoms with van der Waals surface area (Å²) in [5, 5.41) is 80.3. The number of aliphatic hydroxyl groups excluding tert-OH is 7. The van der Waals surface area contributed by atoms with Crippen molar-refractivity contribution >= 4 is 17.6 Å². The topological polar surface area (TPSA) is 225 Å². The number of nitrogens with zero attached hydrogens (tertiary/aromatic N) is 1. The Kier molecular flexibility index (Phi) is 17.4. The number of likely N-dealkylation sites (N-methyl/N-ethyl adjacent to an activating group) is 1. The normalized spacial score (nSPS) is 14.7. The number of para-hydroxylation sites is 1. The molecule has 4 rings (SSSR count). The van der Waals surface area contributed by atoms with Crippen LogP contribution in [0.3, 0.4) is 0 Å². The van der Waals surface area contributed by atoms with Gasteiger partial charge >= 0.3 is 5.97 Å². The molecule has 6 atom stereocenters. The van der Waals surface area contributed by atoms with Crippen LogP contribution in [0.25, 0.3) is 22.4 Å². The number of aliphatic hydroxyl groups is 7. The molecule has 0 spiro atoms. The van der Waals surface area contributed by atoms with Gasteiger partial charge in [-0.05, 0) is 73.3 Å². The molecule has 0 radical (unpaired) electrons. The first-order valence-corrected chi connectivity index (χ1v) is 17.7. The lowest BCUT2D eigenvalue weighted by molar-refractivity contribution is -0.139. The molecule has 1 aromatic heterocycles. The van der Waals surface area contributed by atoms with Gasteiger partial charge in [-0.2, -0.15) is 0 Å². The summed E-state index contributed by atoms with van der Waals surface area (Å²) in [5.74, 6) is -1.93. The fraction of sp³-hybridized carbons (Fsp3) is 0.400. The van der Waals surface area contributed by atoms with E-state index in [1.165, 1.54) is 12.1 Å². The number of carboxylic acid groups (broad SMARTS) is 1. The SMILES string of the molecule is CC(C)c1c(C(=O)Nc2ccccc2)c(-c2ccccc2)c(-c2ccc(F)cc2)n1CC[C@@H](O)C[C@@H](O)CC(=O)O.CNC[C@H](O)[C@@H](O)[C@H](O)[C@H](O)CO. The van der Waals surface area contributed by atoms with E-state index in [0.29, 0.717) is 28.1 Å². The van der Waals surface area contributed by atoms with Gasteiger partial charge in [0.2, 0.25) is 0 Å². The average Bonchev–Trinajstić information content (AvgIpc) is 3.49. The molecule has 0 aliphatic rings. The number of carboxylic acids is 1. The number of benzene rings is 3. The van der Waals surface area contributed by atoms with Crippen molar-refractivity contribution in [1.29, 1.82) is 0 Å². The molecule has 10 N–H and O–H groups in total. The van der Waals surface area contributed by atoms with Gasteiger partial charge in [0.25, 0.3) is 5.91 Å². The minimum absolute atomic E-state index is 0.0936. The van der Waals surface area contributed by atoms with Crippen molar-refractivity contribution in [2.45, 2.75) is 82.2 Å². The largest absolute Gasteiger partial charge is 0.481 e. The Labute approximate surface area is 314 Å². The number of anilines is 1. The van der Waals surface area contributed by atoms with Gasteiger partial charge < -0.3 is 56.1 Å². The van der Waals surface area contributed by atoms with E-state index in [1.54, 1.807) is 19.2 Å². The summed E-state index contributed by atoms with van der Waals surface area (Å²) >= 11 is 0. The first-order valence-electron chi connectivity index (χ1n) is 17.7. The minimum atomic E-state index is -1.55. The molecule has 0 fully saturated rings. The lowest BCUT2D eigenvalue weighted by Crippen LogP contribution is -2.48. The van der Waals surface area contributed by atoms with Crippen molar-refractivity contribution < 1.29 is 54.8 Å². The summed E-state index contributed by atoms with van der Waals surface area (Å²) in [5.41, 5.74) is 4.77. The van der Waals surface area contributed by atoms with E-state index in [0.717, 1.165) is 11.3 Å². The highest BCUT2D eigenvalue weighted by atomic mass is 19.1. The maximum atomic E-state index is 14.0. The van der Waals surface area contributed by atoms with Crippen LogP contribution in [-0.2, 0) is 11.3 Å². The minimum Gasteiger partial charge on any atom is -0.481 e. The fourth-order valence-electron chi connectivity index (χ4n) is 6.10. The van der Waals surface area contributed by atoms with Crippen molar-refractivity contribution in [3.63, 3.8) is 0 Å². The molecule has 0 aliphatic heterocycles. The molecule has 0 bridgehead atoms. The molecule has 1 heterocycles. The molecule has 0 saturated carbocycles. The van der Waals surface area contributed by atoms with Crippen molar-refractivity contribution in [3.05, 3.63) is 102 Å². The molecule has 0 unspecified atom stereocenters. The molecule has 13 nitrogen and oxygen atoms in total.